The Balaban J connectivity index is 2.30. The summed E-state index contributed by atoms with van der Waals surface area (Å²) < 4.78 is 2.00. The number of hydrogen-bond donors (Lipinski definition) is 2. The van der Waals surface area contributed by atoms with Gasteiger partial charge in [0.1, 0.15) is 0 Å². The molecule has 14 heavy (non-hydrogen) atoms. The molecule has 1 unspecified atom stereocenters. The van der Waals surface area contributed by atoms with Crippen molar-refractivity contribution in [2.45, 2.75) is 25.9 Å². The first-order chi connectivity index (χ1) is 6.58. The lowest BCUT2D eigenvalue weighted by molar-refractivity contribution is -0.118. The van der Waals surface area contributed by atoms with Crippen molar-refractivity contribution in [1.29, 1.82) is 0 Å². The Morgan fingerprint density at radius 3 is 2.93 bits per heavy atom. The van der Waals surface area contributed by atoms with E-state index in [2.05, 4.69) is 5.32 Å². The Bertz CT molecular complexity index is 306. The zero-order valence-electron chi connectivity index (χ0n) is 8.66. The summed E-state index contributed by atoms with van der Waals surface area (Å²) >= 11 is 0. The number of nitrogens with one attached hydrogen (secondary N) is 1. The first-order valence-electron chi connectivity index (χ1n) is 4.70. The molecule has 1 aromatic heterocycles. The van der Waals surface area contributed by atoms with E-state index in [-0.39, 0.29) is 11.9 Å². The highest BCUT2D eigenvalue weighted by atomic mass is 16.1. The van der Waals surface area contributed by atoms with Gasteiger partial charge in [0.2, 0.25) is 5.91 Å². The number of carbonyl (C=O) groups excluding carboxylic acids is 1. The SMILES string of the molecule is CC(CC(N)=O)NCc1ccn(C)c1. The van der Waals surface area contributed by atoms with E-state index in [1.165, 1.54) is 5.56 Å². The van der Waals surface area contributed by atoms with Crippen LogP contribution in [0.15, 0.2) is 18.5 Å². The van der Waals surface area contributed by atoms with Crippen molar-refractivity contribution >= 4 is 5.91 Å². The molecular formula is C10H17N3O. The Morgan fingerprint density at radius 1 is 1.71 bits per heavy atom. The van der Waals surface area contributed by atoms with Gasteiger partial charge >= 0.3 is 0 Å². The number of amides is 1. The Morgan fingerprint density at radius 2 is 2.43 bits per heavy atom. The molecule has 4 nitrogen and oxygen atoms in total. The summed E-state index contributed by atoms with van der Waals surface area (Å²) in [5.74, 6) is -0.266. The summed E-state index contributed by atoms with van der Waals surface area (Å²) in [6.07, 6.45) is 4.42. The summed E-state index contributed by atoms with van der Waals surface area (Å²) in [6, 6.07) is 2.18. The summed E-state index contributed by atoms with van der Waals surface area (Å²) in [7, 11) is 1.98. The number of primary amides is 1. The fraction of sp³-hybridized carbons (Fsp3) is 0.500. The zero-order valence-corrected chi connectivity index (χ0v) is 8.66. The van der Waals surface area contributed by atoms with Gasteiger partial charge in [-0.25, -0.2) is 0 Å². The van der Waals surface area contributed by atoms with Gasteiger partial charge in [-0.1, -0.05) is 0 Å². The molecule has 0 saturated heterocycles. The standard InChI is InChI=1S/C10H17N3O/c1-8(5-10(11)14)12-6-9-3-4-13(2)7-9/h3-4,7-8,12H,5-6H2,1-2H3,(H2,11,14). The maximum atomic E-state index is 10.6. The van der Waals surface area contributed by atoms with Crippen molar-refractivity contribution < 1.29 is 4.79 Å². The molecule has 1 rings (SSSR count). The molecule has 1 atom stereocenters. The number of aromatic nitrogens is 1. The van der Waals surface area contributed by atoms with Crippen molar-refractivity contribution in [2.75, 3.05) is 0 Å². The third-order valence-electron chi connectivity index (χ3n) is 2.06. The van der Waals surface area contributed by atoms with E-state index in [9.17, 15) is 4.79 Å². The molecule has 1 heterocycles. The lowest BCUT2D eigenvalue weighted by atomic mass is 10.2. The minimum absolute atomic E-state index is 0.132. The molecule has 4 heteroatoms. The third kappa shape index (κ3) is 3.62. The van der Waals surface area contributed by atoms with Crippen LogP contribution in [0.3, 0.4) is 0 Å². The predicted octanol–water partition coefficient (Wildman–Crippen LogP) is 0.379. The van der Waals surface area contributed by atoms with E-state index in [0.717, 1.165) is 6.54 Å². The molecule has 78 valence electrons. The topological polar surface area (TPSA) is 60.1 Å². The average molecular weight is 195 g/mol. The lowest BCUT2D eigenvalue weighted by Gasteiger charge is -2.10. The predicted molar refractivity (Wildman–Crippen MR) is 55.5 cm³/mol. The normalized spacial score (nSPS) is 12.7. The minimum Gasteiger partial charge on any atom is -0.370 e. The van der Waals surface area contributed by atoms with Crippen molar-refractivity contribution in [3.63, 3.8) is 0 Å². The van der Waals surface area contributed by atoms with Crippen LogP contribution in [0.5, 0.6) is 0 Å². The number of hydrogen-bond acceptors (Lipinski definition) is 2. The fourth-order valence-electron chi connectivity index (χ4n) is 1.33. The van der Waals surface area contributed by atoms with Crippen LogP contribution < -0.4 is 11.1 Å². The molecule has 0 aliphatic heterocycles. The van der Waals surface area contributed by atoms with Crippen molar-refractivity contribution in [3.05, 3.63) is 24.0 Å². The lowest BCUT2D eigenvalue weighted by Crippen LogP contribution is -2.30. The Hall–Kier alpha value is -1.29. The maximum absolute atomic E-state index is 10.6. The first kappa shape index (κ1) is 10.8. The highest BCUT2D eigenvalue weighted by Crippen LogP contribution is 2.00. The number of aryl methyl sites for hydroxylation is 1. The molecule has 0 radical (unpaired) electrons. The first-order valence-corrected chi connectivity index (χ1v) is 4.70. The molecule has 3 N–H and O–H groups in total. The second-order valence-electron chi connectivity index (χ2n) is 3.64. The van der Waals surface area contributed by atoms with Gasteiger partial charge < -0.3 is 15.6 Å². The van der Waals surface area contributed by atoms with Crippen LogP contribution in [-0.2, 0) is 18.4 Å². The van der Waals surface area contributed by atoms with Crippen molar-refractivity contribution in [3.8, 4) is 0 Å². The van der Waals surface area contributed by atoms with Gasteiger partial charge in [-0.05, 0) is 18.6 Å². The van der Waals surface area contributed by atoms with Crippen LogP contribution in [0.1, 0.15) is 18.9 Å². The van der Waals surface area contributed by atoms with Gasteiger partial charge in [-0.2, -0.15) is 0 Å². The highest BCUT2D eigenvalue weighted by Gasteiger charge is 2.04. The van der Waals surface area contributed by atoms with Gasteiger partial charge in [0, 0.05) is 38.4 Å². The number of carbonyl (C=O) groups is 1. The summed E-state index contributed by atoms with van der Waals surface area (Å²) in [4.78, 5) is 10.6. The highest BCUT2D eigenvalue weighted by molar-refractivity contribution is 5.74. The van der Waals surface area contributed by atoms with Gasteiger partial charge in [0.05, 0.1) is 0 Å². The second-order valence-corrected chi connectivity index (χ2v) is 3.64. The molecule has 0 saturated carbocycles. The number of nitrogens with zero attached hydrogens (tertiary/aromatic N) is 1. The molecule has 0 fully saturated rings. The molecule has 0 aromatic carbocycles. The number of nitrogens with two attached hydrogens (primary N) is 1. The summed E-state index contributed by atoms with van der Waals surface area (Å²) in [5, 5.41) is 3.23. The van der Waals surface area contributed by atoms with E-state index < -0.39 is 0 Å². The summed E-state index contributed by atoms with van der Waals surface area (Å²) in [6.45, 7) is 2.73. The van der Waals surface area contributed by atoms with E-state index in [1.807, 2.05) is 37.0 Å². The van der Waals surface area contributed by atoms with Crippen molar-refractivity contribution in [2.24, 2.45) is 12.8 Å². The number of rotatable bonds is 5. The van der Waals surface area contributed by atoms with Gasteiger partial charge in [0.25, 0.3) is 0 Å². The minimum atomic E-state index is -0.266. The molecular weight excluding hydrogens is 178 g/mol. The van der Waals surface area contributed by atoms with Crippen molar-refractivity contribution in [1.82, 2.24) is 9.88 Å². The maximum Gasteiger partial charge on any atom is 0.218 e. The monoisotopic (exact) mass is 195 g/mol. The molecule has 0 aliphatic carbocycles. The van der Waals surface area contributed by atoms with Gasteiger partial charge in [0.15, 0.2) is 0 Å². The van der Waals surface area contributed by atoms with Crippen LogP contribution in [0.25, 0.3) is 0 Å². The van der Waals surface area contributed by atoms with E-state index in [4.69, 9.17) is 5.73 Å². The molecule has 1 aromatic rings. The Kier molecular flexibility index (Phi) is 3.71. The van der Waals surface area contributed by atoms with Crippen LogP contribution in [0.4, 0.5) is 0 Å². The second kappa shape index (κ2) is 4.81. The molecule has 0 spiro atoms. The van der Waals surface area contributed by atoms with Crippen LogP contribution >= 0.6 is 0 Å². The Labute approximate surface area is 84.1 Å². The van der Waals surface area contributed by atoms with Crippen LogP contribution in [-0.4, -0.2) is 16.5 Å². The van der Waals surface area contributed by atoms with Crippen LogP contribution in [0, 0.1) is 0 Å². The van der Waals surface area contributed by atoms with Crippen LogP contribution in [0.2, 0.25) is 0 Å². The molecule has 0 aliphatic rings. The largest absolute Gasteiger partial charge is 0.370 e. The summed E-state index contributed by atoms with van der Waals surface area (Å²) in [5.41, 5.74) is 6.30. The van der Waals surface area contributed by atoms with Gasteiger partial charge in [-0.15, -0.1) is 0 Å². The van der Waals surface area contributed by atoms with E-state index >= 15 is 0 Å². The van der Waals surface area contributed by atoms with Gasteiger partial charge in [-0.3, -0.25) is 4.79 Å². The average Bonchev–Trinajstić information content (AvgIpc) is 2.47. The third-order valence-corrected chi connectivity index (χ3v) is 2.06. The quantitative estimate of drug-likeness (QED) is 0.713. The van der Waals surface area contributed by atoms with E-state index in [1.54, 1.807) is 0 Å². The fourth-order valence-corrected chi connectivity index (χ4v) is 1.33. The zero-order chi connectivity index (χ0) is 10.6. The van der Waals surface area contributed by atoms with E-state index in [0.29, 0.717) is 6.42 Å². The molecule has 0 bridgehead atoms. The smallest absolute Gasteiger partial charge is 0.218 e. The molecule has 1 amide bonds.